The first-order valence-electron chi connectivity index (χ1n) is 5.83. The van der Waals surface area contributed by atoms with E-state index in [2.05, 4.69) is 24.1 Å². The van der Waals surface area contributed by atoms with Gasteiger partial charge in [0.2, 0.25) is 0 Å². The van der Waals surface area contributed by atoms with Crippen molar-refractivity contribution < 1.29 is 13.2 Å². The van der Waals surface area contributed by atoms with Crippen molar-refractivity contribution in [2.45, 2.75) is 44.8 Å². The van der Waals surface area contributed by atoms with Gasteiger partial charge in [-0.25, -0.2) is 0 Å². The molecule has 1 saturated heterocycles. The Hall–Kier alpha value is -0.290. The number of rotatable bonds is 3. The third-order valence-electron chi connectivity index (χ3n) is 2.81. The highest BCUT2D eigenvalue weighted by molar-refractivity contribution is 4.84. The lowest BCUT2D eigenvalue weighted by molar-refractivity contribution is -0.136. The maximum absolute atomic E-state index is 12.0. The predicted molar refractivity (Wildman–Crippen MR) is 58.4 cm³/mol. The minimum absolute atomic E-state index is 0.00866. The maximum Gasteiger partial charge on any atom is 0.389 e. The van der Waals surface area contributed by atoms with Crippen molar-refractivity contribution in [3.8, 4) is 0 Å². The molecule has 0 aromatic rings. The number of hydrogen-bond acceptors (Lipinski definition) is 2. The molecule has 1 aliphatic rings. The maximum atomic E-state index is 12.0. The van der Waals surface area contributed by atoms with Crippen molar-refractivity contribution in [1.82, 2.24) is 10.2 Å². The second-order valence-corrected chi connectivity index (χ2v) is 5.16. The van der Waals surface area contributed by atoms with Crippen molar-refractivity contribution in [2.75, 3.05) is 26.2 Å². The zero-order valence-corrected chi connectivity index (χ0v) is 10.0. The molecule has 1 heterocycles. The summed E-state index contributed by atoms with van der Waals surface area (Å²) >= 11 is 0. The molecule has 0 atom stereocenters. The molecule has 96 valence electrons. The van der Waals surface area contributed by atoms with E-state index in [1.54, 1.807) is 0 Å². The molecule has 0 saturated carbocycles. The Bertz CT molecular complexity index is 214. The average molecular weight is 238 g/mol. The van der Waals surface area contributed by atoms with E-state index in [1.807, 2.05) is 0 Å². The van der Waals surface area contributed by atoms with E-state index >= 15 is 0 Å². The molecule has 2 nitrogen and oxygen atoms in total. The molecule has 5 heteroatoms. The van der Waals surface area contributed by atoms with Crippen LogP contribution in [0, 0.1) is 0 Å². The first kappa shape index (κ1) is 13.8. The summed E-state index contributed by atoms with van der Waals surface area (Å²) in [6.45, 7) is 7.40. The fourth-order valence-electron chi connectivity index (χ4n) is 2.12. The Labute approximate surface area is 95.2 Å². The highest BCUT2D eigenvalue weighted by atomic mass is 19.4. The number of nitrogens with zero attached hydrogens (tertiary/aromatic N) is 1. The van der Waals surface area contributed by atoms with E-state index in [9.17, 15) is 13.2 Å². The number of hydrogen-bond donors (Lipinski definition) is 1. The smallest absolute Gasteiger partial charge is 0.310 e. The van der Waals surface area contributed by atoms with Crippen LogP contribution in [-0.4, -0.2) is 42.8 Å². The molecule has 0 aromatic carbocycles. The summed E-state index contributed by atoms with van der Waals surface area (Å²) in [5.74, 6) is 0. The van der Waals surface area contributed by atoms with Crippen molar-refractivity contribution in [2.24, 2.45) is 0 Å². The lowest BCUT2D eigenvalue weighted by atomic mass is 10.1. The minimum Gasteiger partial charge on any atom is -0.310 e. The molecule has 0 spiro atoms. The third-order valence-corrected chi connectivity index (χ3v) is 2.81. The summed E-state index contributed by atoms with van der Waals surface area (Å²) in [4.78, 5) is 2.13. The number of nitrogens with one attached hydrogen (secondary N) is 1. The normalized spacial score (nSPS) is 23.1. The van der Waals surface area contributed by atoms with Crippen LogP contribution in [0.15, 0.2) is 0 Å². The molecule has 0 bridgehead atoms. The number of halogens is 3. The Morgan fingerprint density at radius 2 is 2.00 bits per heavy atom. The van der Waals surface area contributed by atoms with Crippen molar-refractivity contribution in [1.29, 1.82) is 0 Å². The Balaban J connectivity index is 2.30. The van der Waals surface area contributed by atoms with Crippen LogP contribution in [0.5, 0.6) is 0 Å². The lowest BCUT2D eigenvalue weighted by Gasteiger charge is -2.30. The Morgan fingerprint density at radius 1 is 1.31 bits per heavy atom. The summed E-state index contributed by atoms with van der Waals surface area (Å²) in [6.07, 6.45) is -3.47. The van der Waals surface area contributed by atoms with E-state index in [4.69, 9.17) is 0 Å². The minimum atomic E-state index is -4.01. The van der Waals surface area contributed by atoms with Crippen molar-refractivity contribution >= 4 is 0 Å². The number of alkyl halides is 3. The highest BCUT2D eigenvalue weighted by Gasteiger charge is 2.28. The van der Waals surface area contributed by atoms with Gasteiger partial charge in [0.1, 0.15) is 0 Å². The molecule has 16 heavy (non-hydrogen) atoms. The second-order valence-electron chi connectivity index (χ2n) is 5.16. The van der Waals surface area contributed by atoms with Gasteiger partial charge in [-0.05, 0) is 46.3 Å². The van der Waals surface area contributed by atoms with E-state index < -0.39 is 12.6 Å². The summed E-state index contributed by atoms with van der Waals surface area (Å²) in [7, 11) is 0. The Kier molecular flexibility index (Phi) is 4.62. The van der Waals surface area contributed by atoms with Gasteiger partial charge < -0.3 is 10.2 Å². The molecule has 0 amide bonds. The van der Waals surface area contributed by atoms with Gasteiger partial charge in [0, 0.05) is 18.5 Å². The molecule has 1 fully saturated rings. The average Bonchev–Trinajstić information content (AvgIpc) is 2.24. The third kappa shape index (κ3) is 5.70. The summed E-state index contributed by atoms with van der Waals surface area (Å²) in [6, 6.07) is 0. The van der Waals surface area contributed by atoms with E-state index in [0.29, 0.717) is 6.54 Å². The molecule has 1 aliphatic heterocycles. The zero-order valence-electron chi connectivity index (χ0n) is 10.0. The first-order chi connectivity index (χ1) is 7.29. The van der Waals surface area contributed by atoms with Crippen LogP contribution in [0.4, 0.5) is 13.2 Å². The van der Waals surface area contributed by atoms with Gasteiger partial charge in [0.25, 0.3) is 0 Å². The van der Waals surface area contributed by atoms with Crippen LogP contribution in [0.1, 0.15) is 33.1 Å². The van der Waals surface area contributed by atoms with Crippen molar-refractivity contribution in [3.63, 3.8) is 0 Å². The quantitative estimate of drug-likeness (QED) is 0.812. The summed E-state index contributed by atoms with van der Waals surface area (Å²) in [5, 5.41) is 3.39. The fraction of sp³-hybridized carbons (Fsp3) is 1.00. The van der Waals surface area contributed by atoms with Crippen LogP contribution < -0.4 is 5.32 Å². The van der Waals surface area contributed by atoms with Crippen LogP contribution in [0.2, 0.25) is 0 Å². The summed E-state index contributed by atoms with van der Waals surface area (Å²) < 4.78 is 36.0. The highest BCUT2D eigenvalue weighted by Crippen LogP contribution is 2.22. The van der Waals surface area contributed by atoms with E-state index in [1.165, 1.54) is 0 Å². The molecule has 0 aromatic heterocycles. The summed E-state index contributed by atoms with van der Waals surface area (Å²) in [5.41, 5.74) is 0.00866. The molecule has 1 N–H and O–H groups in total. The SMILES string of the molecule is CC1(C)CN(CCCC(F)(F)F)CCCN1. The first-order valence-corrected chi connectivity index (χ1v) is 5.83. The van der Waals surface area contributed by atoms with E-state index in [-0.39, 0.29) is 12.0 Å². The zero-order chi connectivity index (χ0) is 12.2. The van der Waals surface area contributed by atoms with Gasteiger partial charge >= 0.3 is 6.18 Å². The van der Waals surface area contributed by atoms with Crippen LogP contribution in [0.3, 0.4) is 0 Å². The molecule has 0 unspecified atom stereocenters. The van der Waals surface area contributed by atoms with Gasteiger partial charge in [-0.3, -0.25) is 0 Å². The lowest BCUT2D eigenvalue weighted by Crippen LogP contribution is -2.46. The molecular formula is C11H21F3N2. The molecular weight excluding hydrogens is 217 g/mol. The van der Waals surface area contributed by atoms with Gasteiger partial charge in [0.15, 0.2) is 0 Å². The topological polar surface area (TPSA) is 15.3 Å². The van der Waals surface area contributed by atoms with Gasteiger partial charge in [0.05, 0.1) is 0 Å². The second kappa shape index (κ2) is 5.36. The largest absolute Gasteiger partial charge is 0.389 e. The Morgan fingerprint density at radius 3 is 2.62 bits per heavy atom. The van der Waals surface area contributed by atoms with Crippen molar-refractivity contribution in [3.05, 3.63) is 0 Å². The van der Waals surface area contributed by atoms with Gasteiger partial charge in [-0.15, -0.1) is 0 Å². The van der Waals surface area contributed by atoms with Crippen LogP contribution in [0.25, 0.3) is 0 Å². The molecule has 0 aliphatic carbocycles. The monoisotopic (exact) mass is 238 g/mol. The molecule has 0 radical (unpaired) electrons. The fourth-order valence-corrected chi connectivity index (χ4v) is 2.12. The standard InChI is InChI=1S/C11H21F3N2/c1-10(2)9-16(8-4-6-15-10)7-3-5-11(12,13)14/h15H,3-9H2,1-2H3. The molecule has 1 rings (SSSR count). The van der Waals surface area contributed by atoms with Gasteiger partial charge in [-0.2, -0.15) is 13.2 Å². The van der Waals surface area contributed by atoms with Crippen LogP contribution >= 0.6 is 0 Å². The van der Waals surface area contributed by atoms with Gasteiger partial charge in [-0.1, -0.05) is 0 Å². The van der Waals surface area contributed by atoms with Crippen LogP contribution in [-0.2, 0) is 0 Å². The predicted octanol–water partition coefficient (Wildman–Crippen LogP) is 2.40. The van der Waals surface area contributed by atoms with E-state index in [0.717, 1.165) is 26.1 Å².